The predicted molar refractivity (Wildman–Crippen MR) is 147 cm³/mol. The number of fused-ring (bicyclic) bond motifs is 1. The van der Waals surface area contributed by atoms with Crippen LogP contribution in [-0.4, -0.2) is 16.5 Å². The Bertz CT molecular complexity index is 904. The van der Waals surface area contributed by atoms with Crippen molar-refractivity contribution in [3.8, 4) is 0 Å². The quantitative estimate of drug-likeness (QED) is 0.428. The molecule has 0 radical (unpaired) electrons. The van der Waals surface area contributed by atoms with Crippen LogP contribution in [0, 0.1) is 35.5 Å². The Morgan fingerprint density at radius 3 is 2.32 bits per heavy atom. The van der Waals surface area contributed by atoms with Crippen molar-refractivity contribution in [1.29, 1.82) is 0 Å². The number of hydrogen-bond donors (Lipinski definition) is 1. The lowest BCUT2D eigenvalue weighted by Gasteiger charge is -2.63. The lowest BCUT2D eigenvalue weighted by Crippen LogP contribution is -2.60. The van der Waals surface area contributed by atoms with E-state index in [1.807, 2.05) is 20.8 Å². The molecule has 0 amide bonds. The molecule has 2 heteroatoms. The smallest absolute Gasteiger partial charge is 0.130 e. The summed E-state index contributed by atoms with van der Waals surface area (Å²) in [5.41, 5.74) is 4.37. The Morgan fingerprint density at radius 1 is 1.12 bits per heavy atom. The number of allylic oxidation sites excluding steroid dienone is 2. The van der Waals surface area contributed by atoms with Gasteiger partial charge in [-0.3, -0.25) is 0 Å². The summed E-state index contributed by atoms with van der Waals surface area (Å²) in [5.74, 6) is 1.49. The Balaban J connectivity index is 0.00000199. The minimum atomic E-state index is -0.666. The van der Waals surface area contributed by atoms with Crippen molar-refractivity contribution in [2.24, 2.45) is 28.6 Å². The van der Waals surface area contributed by atoms with Crippen molar-refractivity contribution < 1.29 is 9.90 Å². The van der Waals surface area contributed by atoms with Gasteiger partial charge in [-0.1, -0.05) is 77.1 Å². The van der Waals surface area contributed by atoms with E-state index in [1.165, 1.54) is 16.7 Å². The number of aryl methyl sites for hydroxylation is 1. The highest BCUT2D eigenvalue weighted by atomic mass is 16.3. The van der Waals surface area contributed by atoms with E-state index in [2.05, 4.69) is 71.5 Å². The van der Waals surface area contributed by atoms with Crippen molar-refractivity contribution in [3.63, 3.8) is 0 Å². The molecule has 0 spiro atoms. The molecule has 5 atom stereocenters. The topological polar surface area (TPSA) is 37.3 Å². The van der Waals surface area contributed by atoms with E-state index < -0.39 is 5.60 Å². The average Bonchev–Trinajstić information content (AvgIpc) is 2.73. The Labute approximate surface area is 209 Å². The second-order valence-electron chi connectivity index (χ2n) is 12.0. The number of aliphatic hydroxyl groups is 1. The first-order chi connectivity index (χ1) is 15.8. The minimum absolute atomic E-state index is 0.0744. The molecular weight excluding hydrogens is 416 g/mol. The van der Waals surface area contributed by atoms with Gasteiger partial charge >= 0.3 is 0 Å². The molecule has 3 rings (SSSR count). The highest BCUT2D eigenvalue weighted by molar-refractivity contribution is 5.75. The van der Waals surface area contributed by atoms with E-state index in [0.29, 0.717) is 24.0 Å². The lowest BCUT2D eigenvalue weighted by molar-refractivity contribution is -0.182. The summed E-state index contributed by atoms with van der Waals surface area (Å²) in [4.78, 5) is 11.9. The van der Waals surface area contributed by atoms with Gasteiger partial charge in [-0.2, -0.15) is 0 Å². The van der Waals surface area contributed by atoms with Crippen molar-refractivity contribution in [2.75, 3.05) is 0 Å². The summed E-state index contributed by atoms with van der Waals surface area (Å²) in [7, 11) is 0. The second-order valence-corrected chi connectivity index (χ2v) is 12.0. The van der Waals surface area contributed by atoms with Crippen LogP contribution in [0.25, 0.3) is 6.08 Å². The third-order valence-corrected chi connectivity index (χ3v) is 9.12. The zero-order chi connectivity index (χ0) is 25.9. The van der Waals surface area contributed by atoms with E-state index in [9.17, 15) is 9.90 Å². The molecule has 5 unspecified atom stereocenters. The fraction of sp³-hybridized carbons (Fsp3) is 0.656. The maximum Gasteiger partial charge on any atom is 0.130 e. The molecule has 1 N–H and O–H groups in total. The van der Waals surface area contributed by atoms with Crippen molar-refractivity contribution in [2.45, 2.75) is 106 Å². The van der Waals surface area contributed by atoms with Crippen LogP contribution in [0.3, 0.4) is 0 Å². The fourth-order valence-corrected chi connectivity index (χ4v) is 7.29. The largest absolute Gasteiger partial charge is 0.390 e. The summed E-state index contributed by atoms with van der Waals surface area (Å²) >= 11 is 0. The summed E-state index contributed by atoms with van der Waals surface area (Å²) in [5, 5.41) is 11.6. The SMILES string of the molecule is C=C(C)/C=C\c1ccc(CC2C(C)(O)CCC3C(C)(C)C(CC(C)=O)CCC23C)cc1C.CC. The van der Waals surface area contributed by atoms with Gasteiger partial charge in [-0.15, -0.1) is 0 Å². The molecule has 1 aromatic carbocycles. The molecule has 2 aliphatic carbocycles. The first-order valence-corrected chi connectivity index (χ1v) is 13.4. The van der Waals surface area contributed by atoms with Crippen LogP contribution in [0.2, 0.25) is 0 Å². The molecule has 0 aliphatic heterocycles. The van der Waals surface area contributed by atoms with Crippen LogP contribution < -0.4 is 0 Å². The highest BCUT2D eigenvalue weighted by Crippen LogP contribution is 2.64. The highest BCUT2D eigenvalue weighted by Gasteiger charge is 2.60. The van der Waals surface area contributed by atoms with Crippen LogP contribution in [0.4, 0.5) is 0 Å². The standard InChI is InChI=1S/C30H44O2.C2H6/c1-20(2)9-11-24-12-10-23(17-21(24)3)19-27-29(7)15-13-25(18-22(4)31)28(5,6)26(29)14-16-30(27,8)32;1-2/h9-12,17,25-27,32H,1,13-16,18-19H2,2-8H3;1-2H3/b11-9-;. The van der Waals surface area contributed by atoms with Crippen LogP contribution in [-0.2, 0) is 11.2 Å². The zero-order valence-electron chi connectivity index (χ0n) is 23.4. The van der Waals surface area contributed by atoms with E-state index in [-0.39, 0.29) is 16.7 Å². The fourth-order valence-electron chi connectivity index (χ4n) is 7.29. The molecule has 34 heavy (non-hydrogen) atoms. The van der Waals surface area contributed by atoms with Gasteiger partial charge in [0, 0.05) is 6.42 Å². The summed E-state index contributed by atoms with van der Waals surface area (Å²) in [6.07, 6.45) is 9.85. The number of carbonyl (C=O) groups excluding carboxylic acids is 1. The summed E-state index contributed by atoms with van der Waals surface area (Å²) in [6.45, 7) is 23.1. The lowest BCUT2D eigenvalue weighted by atomic mass is 9.42. The molecule has 2 saturated carbocycles. The molecule has 1 aromatic rings. The van der Waals surface area contributed by atoms with Gasteiger partial charge in [-0.25, -0.2) is 0 Å². The van der Waals surface area contributed by atoms with Crippen molar-refractivity contribution in [1.82, 2.24) is 0 Å². The van der Waals surface area contributed by atoms with Gasteiger partial charge in [0.05, 0.1) is 5.60 Å². The maximum atomic E-state index is 11.9. The average molecular weight is 467 g/mol. The number of benzene rings is 1. The normalized spacial score (nSPS) is 32.5. The van der Waals surface area contributed by atoms with Gasteiger partial charge in [-0.05, 0) is 105 Å². The molecule has 2 nitrogen and oxygen atoms in total. The molecule has 190 valence electrons. The van der Waals surface area contributed by atoms with Crippen LogP contribution in [0.1, 0.15) is 104 Å². The minimum Gasteiger partial charge on any atom is -0.390 e. The van der Waals surface area contributed by atoms with Crippen LogP contribution in [0.5, 0.6) is 0 Å². The van der Waals surface area contributed by atoms with E-state index >= 15 is 0 Å². The number of Topliss-reactive ketones (excluding diaryl/α,β-unsaturated/α-hetero) is 1. The number of carbonyl (C=O) groups is 1. The Morgan fingerprint density at radius 2 is 1.76 bits per heavy atom. The predicted octanol–water partition coefficient (Wildman–Crippen LogP) is 8.35. The second kappa shape index (κ2) is 10.9. The maximum absolute atomic E-state index is 11.9. The summed E-state index contributed by atoms with van der Waals surface area (Å²) in [6, 6.07) is 6.74. The molecule has 0 saturated heterocycles. The van der Waals surface area contributed by atoms with Gasteiger partial charge in [0.15, 0.2) is 0 Å². The molecular formula is C32H50O2. The molecule has 2 aliphatic rings. The van der Waals surface area contributed by atoms with E-state index in [1.54, 1.807) is 6.92 Å². The third-order valence-electron chi connectivity index (χ3n) is 9.12. The van der Waals surface area contributed by atoms with Gasteiger partial charge < -0.3 is 9.90 Å². The summed E-state index contributed by atoms with van der Waals surface area (Å²) < 4.78 is 0. The number of ketones is 1. The molecule has 0 heterocycles. The van der Waals surface area contributed by atoms with Gasteiger partial charge in [0.1, 0.15) is 5.78 Å². The van der Waals surface area contributed by atoms with Crippen LogP contribution in [0.15, 0.2) is 36.4 Å². The van der Waals surface area contributed by atoms with Crippen molar-refractivity contribution >= 4 is 11.9 Å². The van der Waals surface area contributed by atoms with E-state index in [0.717, 1.165) is 37.7 Å². The number of rotatable bonds is 6. The monoisotopic (exact) mass is 466 g/mol. The first-order valence-electron chi connectivity index (χ1n) is 13.4. The Hall–Kier alpha value is -1.67. The van der Waals surface area contributed by atoms with Gasteiger partial charge in [0.2, 0.25) is 0 Å². The molecule has 2 fully saturated rings. The number of hydrogen-bond acceptors (Lipinski definition) is 2. The first kappa shape index (κ1) is 28.6. The van der Waals surface area contributed by atoms with E-state index in [4.69, 9.17) is 0 Å². The molecule has 0 bridgehead atoms. The van der Waals surface area contributed by atoms with Crippen LogP contribution >= 0.6 is 0 Å². The third kappa shape index (κ3) is 5.93. The van der Waals surface area contributed by atoms with Gasteiger partial charge in [0.25, 0.3) is 0 Å². The van der Waals surface area contributed by atoms with Crippen molar-refractivity contribution in [3.05, 3.63) is 53.1 Å². The zero-order valence-corrected chi connectivity index (χ0v) is 23.4. The molecule has 0 aromatic heterocycles. The Kier molecular flexibility index (Phi) is 9.19.